The van der Waals surface area contributed by atoms with Crippen molar-refractivity contribution in [3.8, 4) is 11.5 Å². The Hall–Kier alpha value is -2.60. The number of pyridine rings is 1. The van der Waals surface area contributed by atoms with E-state index in [1.165, 1.54) is 5.56 Å². The number of rotatable bonds is 4. The van der Waals surface area contributed by atoms with Gasteiger partial charge in [-0.3, -0.25) is 14.7 Å². The molecule has 2 aliphatic rings. The van der Waals surface area contributed by atoms with Crippen molar-refractivity contribution >= 4 is 5.91 Å². The van der Waals surface area contributed by atoms with Crippen LogP contribution in [0.2, 0.25) is 0 Å². The number of methoxy groups -OCH3 is 1. The normalized spacial score (nSPS) is 20.0. The van der Waals surface area contributed by atoms with Gasteiger partial charge in [-0.1, -0.05) is 18.2 Å². The average Bonchev–Trinajstić information content (AvgIpc) is 2.98. The minimum Gasteiger partial charge on any atom is -0.493 e. The fourth-order valence-corrected chi connectivity index (χ4v) is 4.07. The molecule has 1 unspecified atom stereocenters. The Bertz CT molecular complexity index is 812. The molecule has 0 radical (unpaired) electrons. The largest absolute Gasteiger partial charge is 0.493 e. The van der Waals surface area contributed by atoms with E-state index in [2.05, 4.69) is 16.0 Å². The van der Waals surface area contributed by atoms with Crippen LogP contribution >= 0.6 is 0 Å². The number of aromatic nitrogens is 1. The van der Waals surface area contributed by atoms with Crippen molar-refractivity contribution in [3.63, 3.8) is 0 Å². The molecule has 1 aromatic heterocycles. The number of hydrogen-bond acceptors (Lipinski definition) is 5. The number of fused-ring (bicyclic) bond motifs is 1. The van der Waals surface area contributed by atoms with Gasteiger partial charge in [0.2, 0.25) is 5.91 Å². The Balaban J connectivity index is 1.36. The summed E-state index contributed by atoms with van der Waals surface area (Å²) in [5.74, 6) is 1.61. The SMILES string of the molecule is COc1cccc2c1OCC(C(=O)N1CCCN(Cc3cccnc3)CC1)C2. The average molecular weight is 381 g/mol. The van der Waals surface area contributed by atoms with Gasteiger partial charge >= 0.3 is 0 Å². The van der Waals surface area contributed by atoms with Crippen molar-refractivity contribution in [2.45, 2.75) is 19.4 Å². The third-order valence-corrected chi connectivity index (χ3v) is 5.55. The van der Waals surface area contributed by atoms with Crippen LogP contribution in [-0.4, -0.2) is 60.6 Å². The van der Waals surface area contributed by atoms with Gasteiger partial charge in [0.05, 0.1) is 13.0 Å². The highest BCUT2D eigenvalue weighted by Gasteiger charge is 2.31. The van der Waals surface area contributed by atoms with Gasteiger partial charge in [-0.2, -0.15) is 0 Å². The molecule has 6 nitrogen and oxygen atoms in total. The third kappa shape index (κ3) is 4.12. The summed E-state index contributed by atoms with van der Waals surface area (Å²) in [6.07, 6.45) is 5.41. The molecule has 0 saturated carbocycles. The molecule has 3 heterocycles. The van der Waals surface area contributed by atoms with Crippen molar-refractivity contribution in [1.29, 1.82) is 0 Å². The van der Waals surface area contributed by atoms with Gasteiger partial charge in [0.1, 0.15) is 6.61 Å². The molecule has 28 heavy (non-hydrogen) atoms. The first-order valence-electron chi connectivity index (χ1n) is 9.93. The van der Waals surface area contributed by atoms with Gasteiger partial charge in [0, 0.05) is 45.1 Å². The molecule has 148 valence electrons. The van der Waals surface area contributed by atoms with Crippen molar-refractivity contribution in [3.05, 3.63) is 53.9 Å². The van der Waals surface area contributed by atoms with Gasteiger partial charge in [0.25, 0.3) is 0 Å². The predicted octanol–water partition coefficient (Wildman–Crippen LogP) is 2.38. The number of nitrogens with zero attached hydrogens (tertiary/aromatic N) is 3. The van der Waals surface area contributed by atoms with Crippen molar-refractivity contribution in [2.75, 3.05) is 39.9 Å². The zero-order chi connectivity index (χ0) is 19.3. The van der Waals surface area contributed by atoms with Crippen LogP contribution < -0.4 is 9.47 Å². The van der Waals surface area contributed by atoms with Crippen LogP contribution in [0.5, 0.6) is 11.5 Å². The van der Waals surface area contributed by atoms with Crippen LogP contribution in [0.3, 0.4) is 0 Å². The minimum absolute atomic E-state index is 0.121. The maximum absolute atomic E-state index is 13.1. The van der Waals surface area contributed by atoms with E-state index >= 15 is 0 Å². The number of carbonyl (C=O) groups is 1. The Morgan fingerprint density at radius 2 is 2.14 bits per heavy atom. The molecular weight excluding hydrogens is 354 g/mol. The first-order chi connectivity index (χ1) is 13.7. The minimum atomic E-state index is -0.121. The molecule has 0 N–H and O–H groups in total. The van der Waals surface area contributed by atoms with E-state index in [1.54, 1.807) is 13.3 Å². The molecule has 1 fully saturated rings. The fourth-order valence-electron chi connectivity index (χ4n) is 4.07. The van der Waals surface area contributed by atoms with Gasteiger partial charge in [-0.15, -0.1) is 0 Å². The first kappa shape index (κ1) is 18.7. The second-order valence-corrected chi connectivity index (χ2v) is 7.48. The number of amides is 1. The maximum atomic E-state index is 13.1. The molecule has 1 atom stereocenters. The topological polar surface area (TPSA) is 54.9 Å². The maximum Gasteiger partial charge on any atom is 0.229 e. The summed E-state index contributed by atoms with van der Waals surface area (Å²) in [7, 11) is 1.64. The lowest BCUT2D eigenvalue weighted by molar-refractivity contribution is -0.136. The van der Waals surface area contributed by atoms with Gasteiger partial charge in [-0.25, -0.2) is 0 Å². The summed E-state index contributed by atoms with van der Waals surface area (Å²) >= 11 is 0. The lowest BCUT2D eigenvalue weighted by Gasteiger charge is -2.30. The summed E-state index contributed by atoms with van der Waals surface area (Å²) in [5, 5.41) is 0. The molecule has 0 aliphatic carbocycles. The fraction of sp³-hybridized carbons (Fsp3) is 0.455. The summed E-state index contributed by atoms with van der Waals surface area (Å²) in [5.41, 5.74) is 2.27. The molecule has 1 amide bonds. The molecular formula is C22H27N3O3. The molecule has 6 heteroatoms. The zero-order valence-corrected chi connectivity index (χ0v) is 16.3. The molecule has 0 spiro atoms. The lowest BCUT2D eigenvalue weighted by Crippen LogP contribution is -2.42. The highest BCUT2D eigenvalue weighted by molar-refractivity contribution is 5.80. The molecule has 1 saturated heterocycles. The molecule has 0 bridgehead atoms. The van der Waals surface area contributed by atoms with E-state index in [4.69, 9.17) is 9.47 Å². The highest BCUT2D eigenvalue weighted by atomic mass is 16.5. The van der Waals surface area contributed by atoms with Crippen molar-refractivity contribution in [1.82, 2.24) is 14.8 Å². The van der Waals surface area contributed by atoms with Crippen LogP contribution in [0, 0.1) is 5.92 Å². The number of carbonyl (C=O) groups excluding carboxylic acids is 1. The van der Waals surface area contributed by atoms with Gasteiger partial charge < -0.3 is 14.4 Å². The van der Waals surface area contributed by atoms with Crippen molar-refractivity contribution < 1.29 is 14.3 Å². The Labute approximate surface area is 166 Å². The molecule has 1 aromatic carbocycles. The van der Waals surface area contributed by atoms with Crippen LogP contribution in [0.4, 0.5) is 0 Å². The number of benzene rings is 1. The zero-order valence-electron chi connectivity index (χ0n) is 16.3. The Morgan fingerprint density at radius 1 is 1.21 bits per heavy atom. The summed E-state index contributed by atoms with van der Waals surface area (Å²) < 4.78 is 11.3. The number of para-hydroxylation sites is 1. The smallest absolute Gasteiger partial charge is 0.229 e. The highest BCUT2D eigenvalue weighted by Crippen LogP contribution is 2.36. The van der Waals surface area contributed by atoms with Crippen LogP contribution in [-0.2, 0) is 17.8 Å². The second-order valence-electron chi connectivity index (χ2n) is 7.48. The first-order valence-corrected chi connectivity index (χ1v) is 9.93. The molecule has 2 aliphatic heterocycles. The second kappa shape index (κ2) is 8.61. The van der Waals surface area contributed by atoms with Crippen LogP contribution in [0.15, 0.2) is 42.7 Å². The van der Waals surface area contributed by atoms with Gasteiger partial charge in [-0.05, 0) is 36.1 Å². The van der Waals surface area contributed by atoms with E-state index in [0.29, 0.717) is 13.0 Å². The van der Waals surface area contributed by atoms with Gasteiger partial charge in [0.15, 0.2) is 11.5 Å². The lowest BCUT2D eigenvalue weighted by atomic mass is 9.95. The standard InChI is InChI=1S/C22H27N3O3/c1-27-20-7-2-6-18-13-19(16-28-21(18)20)22(26)25-10-4-9-24(11-12-25)15-17-5-3-8-23-14-17/h2-3,5-8,14,19H,4,9-13,15-16H2,1H3. The van der Waals surface area contributed by atoms with Crippen LogP contribution in [0.1, 0.15) is 17.5 Å². The summed E-state index contributed by atoms with van der Waals surface area (Å²) in [4.78, 5) is 21.7. The Morgan fingerprint density at radius 3 is 2.96 bits per heavy atom. The van der Waals surface area contributed by atoms with E-state index in [1.807, 2.05) is 35.4 Å². The number of hydrogen-bond donors (Lipinski definition) is 0. The molecule has 2 aromatic rings. The van der Waals surface area contributed by atoms with Crippen molar-refractivity contribution in [2.24, 2.45) is 5.92 Å². The van der Waals surface area contributed by atoms with Crippen LogP contribution in [0.25, 0.3) is 0 Å². The van der Waals surface area contributed by atoms with E-state index in [0.717, 1.165) is 56.2 Å². The summed E-state index contributed by atoms with van der Waals surface area (Å²) in [6.45, 7) is 4.76. The number of ether oxygens (including phenoxy) is 2. The Kier molecular flexibility index (Phi) is 5.76. The summed E-state index contributed by atoms with van der Waals surface area (Å²) in [6, 6.07) is 9.95. The quantitative estimate of drug-likeness (QED) is 0.814. The van der Waals surface area contributed by atoms with E-state index < -0.39 is 0 Å². The monoisotopic (exact) mass is 381 g/mol. The van der Waals surface area contributed by atoms with E-state index in [-0.39, 0.29) is 11.8 Å². The van der Waals surface area contributed by atoms with E-state index in [9.17, 15) is 4.79 Å². The molecule has 4 rings (SSSR count). The third-order valence-electron chi connectivity index (χ3n) is 5.55. The predicted molar refractivity (Wildman–Crippen MR) is 106 cm³/mol.